The Hall–Kier alpha value is -2.28. The first-order valence-corrected chi connectivity index (χ1v) is 7.97. The van der Waals surface area contributed by atoms with E-state index in [1.165, 1.54) is 13.2 Å². The van der Waals surface area contributed by atoms with E-state index in [9.17, 15) is 9.59 Å². The molecule has 8 heteroatoms. The molecule has 0 heterocycles. The van der Waals surface area contributed by atoms with Crippen LogP contribution in [-0.2, 0) is 9.53 Å². The highest BCUT2D eigenvalue weighted by Crippen LogP contribution is 2.29. The van der Waals surface area contributed by atoms with Crippen molar-refractivity contribution in [3.05, 3.63) is 29.8 Å². The van der Waals surface area contributed by atoms with E-state index in [1.807, 2.05) is 0 Å². The molecule has 0 aromatic heterocycles. The molecule has 4 N–H and O–H groups in total. The van der Waals surface area contributed by atoms with Crippen LogP contribution >= 0.6 is 12.4 Å². The molecule has 0 radical (unpaired) electrons. The summed E-state index contributed by atoms with van der Waals surface area (Å²) < 4.78 is 10.1. The standard InChI is InChI=1S/C17H23N3O4.ClH/c1-23-15(21)13-3-2-4-14(9-13)24-16(22)12-7-5-11(6-8-12)10-20-17(18)19;/h2-4,9,11-12H,5-8,10H2,1H3,(H4,18,19,20);1H/t11-,12-;. The number of rotatable bonds is 5. The van der Waals surface area contributed by atoms with Gasteiger partial charge in [-0.05, 0) is 49.8 Å². The lowest BCUT2D eigenvalue weighted by Gasteiger charge is -2.27. The van der Waals surface area contributed by atoms with E-state index in [-0.39, 0.29) is 30.3 Å². The first kappa shape index (κ1) is 20.8. The fourth-order valence-electron chi connectivity index (χ4n) is 2.86. The topological polar surface area (TPSA) is 114 Å². The first-order valence-electron chi connectivity index (χ1n) is 7.97. The lowest BCUT2D eigenvalue weighted by molar-refractivity contribution is -0.140. The first-order chi connectivity index (χ1) is 11.5. The number of guanidine groups is 1. The van der Waals surface area contributed by atoms with Crippen LogP contribution in [0.3, 0.4) is 0 Å². The molecule has 25 heavy (non-hydrogen) atoms. The van der Waals surface area contributed by atoms with Crippen LogP contribution in [0.2, 0.25) is 0 Å². The average molecular weight is 370 g/mol. The third-order valence-corrected chi connectivity index (χ3v) is 4.23. The second-order valence-corrected chi connectivity index (χ2v) is 5.95. The molecule has 1 aromatic carbocycles. The van der Waals surface area contributed by atoms with Crippen LogP contribution in [0.25, 0.3) is 0 Å². The van der Waals surface area contributed by atoms with E-state index in [0.717, 1.165) is 25.7 Å². The number of ether oxygens (including phenoxy) is 2. The van der Waals surface area contributed by atoms with Gasteiger partial charge in [-0.3, -0.25) is 10.2 Å². The minimum absolute atomic E-state index is 0. The van der Waals surface area contributed by atoms with Crippen LogP contribution < -0.4 is 15.8 Å². The summed E-state index contributed by atoms with van der Waals surface area (Å²) in [7, 11) is 1.31. The molecule has 1 aliphatic rings. The average Bonchev–Trinajstić information content (AvgIpc) is 2.59. The van der Waals surface area contributed by atoms with Crippen molar-refractivity contribution < 1.29 is 19.1 Å². The zero-order valence-corrected chi connectivity index (χ0v) is 14.9. The normalized spacial score (nSPS) is 19.2. The summed E-state index contributed by atoms with van der Waals surface area (Å²) in [5.74, 6) is -0.132. The summed E-state index contributed by atoms with van der Waals surface area (Å²) >= 11 is 0. The highest BCUT2D eigenvalue weighted by atomic mass is 35.5. The van der Waals surface area contributed by atoms with Gasteiger partial charge in [-0.25, -0.2) is 4.79 Å². The van der Waals surface area contributed by atoms with Crippen LogP contribution in [0.1, 0.15) is 36.0 Å². The lowest BCUT2D eigenvalue weighted by atomic mass is 9.82. The molecule has 0 saturated heterocycles. The van der Waals surface area contributed by atoms with Gasteiger partial charge in [0.15, 0.2) is 5.96 Å². The van der Waals surface area contributed by atoms with Crippen molar-refractivity contribution in [3.63, 3.8) is 0 Å². The van der Waals surface area contributed by atoms with Crippen LogP contribution in [0.4, 0.5) is 0 Å². The zero-order chi connectivity index (χ0) is 17.5. The van der Waals surface area contributed by atoms with Crippen molar-refractivity contribution in [2.75, 3.05) is 13.7 Å². The van der Waals surface area contributed by atoms with Gasteiger partial charge < -0.3 is 20.5 Å². The molecule has 1 saturated carbocycles. The van der Waals surface area contributed by atoms with Crippen LogP contribution in [-0.4, -0.2) is 31.6 Å². The van der Waals surface area contributed by atoms with Crippen molar-refractivity contribution in [2.45, 2.75) is 25.7 Å². The predicted molar refractivity (Wildman–Crippen MR) is 96.0 cm³/mol. The fraction of sp³-hybridized carbons (Fsp3) is 0.471. The molecule has 0 atom stereocenters. The quantitative estimate of drug-likeness (QED) is 0.317. The van der Waals surface area contributed by atoms with Gasteiger partial charge in [0.1, 0.15) is 5.75 Å². The summed E-state index contributed by atoms with van der Waals surface area (Å²) in [4.78, 5) is 23.8. The van der Waals surface area contributed by atoms with Crippen LogP contribution in [0.15, 0.2) is 24.3 Å². The highest BCUT2D eigenvalue weighted by Gasteiger charge is 2.27. The zero-order valence-electron chi connectivity index (χ0n) is 14.1. The van der Waals surface area contributed by atoms with Gasteiger partial charge >= 0.3 is 11.9 Å². The molecule has 0 amide bonds. The summed E-state index contributed by atoms with van der Waals surface area (Å²) in [5, 5.41) is 9.99. The number of carbonyl (C=O) groups excluding carboxylic acids is 2. The third-order valence-electron chi connectivity index (χ3n) is 4.23. The number of esters is 2. The summed E-state index contributed by atoms with van der Waals surface area (Å²) in [6.45, 7) is 0.665. The molecule has 7 nitrogen and oxygen atoms in total. The van der Waals surface area contributed by atoms with Gasteiger partial charge in [-0.2, -0.15) is 0 Å². The van der Waals surface area contributed by atoms with E-state index in [1.54, 1.807) is 18.2 Å². The molecular formula is C17H24ClN3O4. The Bertz CT molecular complexity index is 616. The molecule has 2 rings (SSSR count). The van der Waals surface area contributed by atoms with E-state index < -0.39 is 5.97 Å². The summed E-state index contributed by atoms with van der Waals surface area (Å²) in [5.41, 5.74) is 5.63. The van der Waals surface area contributed by atoms with Gasteiger partial charge in [0.2, 0.25) is 0 Å². The number of benzene rings is 1. The number of nitrogens with two attached hydrogens (primary N) is 1. The van der Waals surface area contributed by atoms with E-state index in [4.69, 9.17) is 15.9 Å². The van der Waals surface area contributed by atoms with Crippen molar-refractivity contribution in [1.29, 1.82) is 5.41 Å². The van der Waals surface area contributed by atoms with Gasteiger partial charge in [0.05, 0.1) is 18.6 Å². The Morgan fingerprint density at radius 1 is 1.28 bits per heavy atom. The number of methoxy groups -OCH3 is 1. The second kappa shape index (κ2) is 9.88. The smallest absolute Gasteiger partial charge is 0.337 e. The van der Waals surface area contributed by atoms with Gasteiger partial charge in [0.25, 0.3) is 0 Å². The van der Waals surface area contributed by atoms with Crippen molar-refractivity contribution >= 4 is 30.3 Å². The maximum absolute atomic E-state index is 12.3. The molecule has 1 aliphatic carbocycles. The Morgan fingerprint density at radius 3 is 2.56 bits per heavy atom. The van der Waals surface area contributed by atoms with E-state index in [0.29, 0.717) is 23.8 Å². The number of nitrogens with one attached hydrogen (secondary N) is 2. The Balaban J connectivity index is 0.00000312. The molecule has 0 spiro atoms. The minimum atomic E-state index is -0.466. The fourth-order valence-corrected chi connectivity index (χ4v) is 2.86. The maximum Gasteiger partial charge on any atom is 0.337 e. The largest absolute Gasteiger partial charge is 0.465 e. The van der Waals surface area contributed by atoms with Crippen molar-refractivity contribution in [2.24, 2.45) is 17.6 Å². The van der Waals surface area contributed by atoms with E-state index >= 15 is 0 Å². The molecular weight excluding hydrogens is 346 g/mol. The molecule has 0 bridgehead atoms. The number of hydrogen-bond donors (Lipinski definition) is 3. The minimum Gasteiger partial charge on any atom is -0.465 e. The van der Waals surface area contributed by atoms with Crippen molar-refractivity contribution in [3.8, 4) is 5.75 Å². The molecule has 0 aliphatic heterocycles. The van der Waals surface area contributed by atoms with Gasteiger partial charge in [-0.1, -0.05) is 6.07 Å². The van der Waals surface area contributed by atoms with Gasteiger partial charge in [0, 0.05) is 6.54 Å². The SMILES string of the molecule is COC(=O)c1cccc(OC(=O)[C@H]2CC[C@H](CNC(=N)N)CC2)c1.Cl. The molecule has 0 unspecified atom stereocenters. The third kappa shape index (κ3) is 6.26. The highest BCUT2D eigenvalue weighted by molar-refractivity contribution is 5.90. The Kier molecular flexibility index (Phi) is 8.21. The van der Waals surface area contributed by atoms with E-state index in [2.05, 4.69) is 10.1 Å². The second-order valence-electron chi connectivity index (χ2n) is 5.95. The van der Waals surface area contributed by atoms with Crippen LogP contribution in [0.5, 0.6) is 5.75 Å². The predicted octanol–water partition coefficient (Wildman–Crippen LogP) is 2.09. The van der Waals surface area contributed by atoms with Crippen LogP contribution in [0, 0.1) is 17.2 Å². The lowest BCUT2D eigenvalue weighted by Crippen LogP contribution is -2.36. The summed E-state index contributed by atoms with van der Waals surface area (Å²) in [6, 6.07) is 6.41. The molecule has 1 fully saturated rings. The monoisotopic (exact) mass is 369 g/mol. The van der Waals surface area contributed by atoms with Gasteiger partial charge in [-0.15, -0.1) is 12.4 Å². The Morgan fingerprint density at radius 2 is 1.96 bits per heavy atom. The molecule has 1 aromatic rings. The number of halogens is 1. The van der Waals surface area contributed by atoms with Crippen molar-refractivity contribution in [1.82, 2.24) is 5.32 Å². The number of carbonyl (C=O) groups is 2. The Labute approximate surface area is 153 Å². The molecule has 138 valence electrons. The maximum atomic E-state index is 12.3. The number of hydrogen-bond acceptors (Lipinski definition) is 5. The summed E-state index contributed by atoms with van der Waals surface area (Å²) in [6.07, 6.45) is 3.28.